The first-order valence-corrected chi connectivity index (χ1v) is 9.03. The number of nitrogens with one attached hydrogen (secondary N) is 2. The Morgan fingerprint density at radius 3 is 2.75 bits per heavy atom. The van der Waals surface area contributed by atoms with Crippen molar-refractivity contribution in [1.82, 2.24) is 14.3 Å². The highest BCUT2D eigenvalue weighted by Crippen LogP contribution is 2.12. The third kappa shape index (κ3) is 6.99. The van der Waals surface area contributed by atoms with Crippen LogP contribution in [-0.2, 0) is 14.9 Å². The van der Waals surface area contributed by atoms with Crippen LogP contribution in [0.5, 0.6) is 0 Å². The molecular formula is C13H29N3O3S. The van der Waals surface area contributed by atoms with Gasteiger partial charge in [-0.2, -0.15) is 17.4 Å². The minimum absolute atomic E-state index is 0.0261. The first-order chi connectivity index (χ1) is 9.56. The van der Waals surface area contributed by atoms with Gasteiger partial charge in [0.05, 0.1) is 6.10 Å². The van der Waals surface area contributed by atoms with Crippen molar-refractivity contribution in [3.8, 4) is 0 Å². The summed E-state index contributed by atoms with van der Waals surface area (Å²) < 4.78 is 33.6. The number of rotatable bonds is 10. The molecule has 20 heavy (non-hydrogen) atoms. The molecule has 7 heteroatoms. The monoisotopic (exact) mass is 307 g/mol. The zero-order chi connectivity index (χ0) is 14.8. The van der Waals surface area contributed by atoms with E-state index in [4.69, 9.17) is 4.74 Å². The average molecular weight is 307 g/mol. The molecule has 0 saturated carbocycles. The van der Waals surface area contributed by atoms with Crippen LogP contribution in [0, 0.1) is 0 Å². The molecule has 1 fully saturated rings. The fourth-order valence-corrected chi connectivity index (χ4v) is 3.11. The predicted octanol–water partition coefficient (Wildman–Crippen LogP) is 0.711. The zero-order valence-corrected chi connectivity index (χ0v) is 13.5. The van der Waals surface area contributed by atoms with Crippen molar-refractivity contribution in [3.05, 3.63) is 0 Å². The fourth-order valence-electron chi connectivity index (χ4n) is 2.13. The van der Waals surface area contributed by atoms with Crippen molar-refractivity contribution >= 4 is 10.2 Å². The molecule has 0 radical (unpaired) electrons. The number of hydrogen-bond donors (Lipinski definition) is 2. The minimum Gasteiger partial charge on any atom is -0.377 e. The van der Waals surface area contributed by atoms with Crippen molar-refractivity contribution in [1.29, 1.82) is 0 Å². The third-order valence-corrected chi connectivity index (χ3v) is 4.97. The Morgan fingerprint density at radius 1 is 1.30 bits per heavy atom. The topological polar surface area (TPSA) is 70.7 Å². The molecule has 0 aliphatic carbocycles. The summed E-state index contributed by atoms with van der Waals surface area (Å²) in [5.74, 6) is 0. The van der Waals surface area contributed by atoms with Crippen LogP contribution in [-0.4, -0.2) is 58.7 Å². The lowest BCUT2D eigenvalue weighted by Gasteiger charge is -2.24. The van der Waals surface area contributed by atoms with Gasteiger partial charge in [0.15, 0.2) is 0 Å². The number of ether oxygens (including phenoxy) is 1. The van der Waals surface area contributed by atoms with Crippen LogP contribution >= 0.6 is 0 Å². The fraction of sp³-hybridized carbons (Fsp3) is 1.00. The van der Waals surface area contributed by atoms with E-state index in [9.17, 15) is 8.42 Å². The van der Waals surface area contributed by atoms with E-state index in [1.165, 1.54) is 4.31 Å². The maximum absolute atomic E-state index is 12.0. The molecule has 1 aliphatic heterocycles. The van der Waals surface area contributed by atoms with E-state index in [2.05, 4.69) is 17.0 Å². The quantitative estimate of drug-likeness (QED) is 0.583. The molecule has 0 bridgehead atoms. The van der Waals surface area contributed by atoms with Crippen molar-refractivity contribution < 1.29 is 13.2 Å². The van der Waals surface area contributed by atoms with Crippen LogP contribution in [0.2, 0.25) is 0 Å². The molecule has 0 aromatic heterocycles. The lowest BCUT2D eigenvalue weighted by Crippen LogP contribution is -2.43. The Hall–Kier alpha value is -0.210. The van der Waals surface area contributed by atoms with Gasteiger partial charge in [-0.15, -0.1) is 0 Å². The minimum atomic E-state index is -3.38. The second kappa shape index (κ2) is 9.68. The second-order valence-corrected chi connectivity index (χ2v) is 7.13. The maximum atomic E-state index is 12.0. The molecule has 0 aromatic rings. The van der Waals surface area contributed by atoms with E-state index in [1.54, 1.807) is 7.05 Å². The summed E-state index contributed by atoms with van der Waals surface area (Å²) in [5, 5.41) is 3.26. The van der Waals surface area contributed by atoms with Crippen molar-refractivity contribution in [2.24, 2.45) is 0 Å². The maximum Gasteiger partial charge on any atom is 0.279 e. The molecular weight excluding hydrogens is 278 g/mol. The highest BCUT2D eigenvalue weighted by atomic mass is 32.2. The summed E-state index contributed by atoms with van der Waals surface area (Å²) in [7, 11) is -1.76. The van der Waals surface area contributed by atoms with E-state index < -0.39 is 10.2 Å². The van der Waals surface area contributed by atoms with Crippen LogP contribution in [0.1, 0.15) is 39.0 Å². The highest BCUT2D eigenvalue weighted by molar-refractivity contribution is 7.87. The Bertz CT molecular complexity index is 343. The van der Waals surface area contributed by atoms with Gasteiger partial charge >= 0.3 is 0 Å². The van der Waals surface area contributed by atoms with Crippen LogP contribution in [0.25, 0.3) is 0 Å². The lowest BCUT2D eigenvalue weighted by molar-refractivity contribution is 0.0198. The van der Waals surface area contributed by atoms with Crippen molar-refractivity contribution in [3.63, 3.8) is 0 Å². The molecule has 1 saturated heterocycles. The molecule has 0 amide bonds. The van der Waals surface area contributed by atoms with E-state index in [0.29, 0.717) is 13.1 Å². The van der Waals surface area contributed by atoms with Gasteiger partial charge in [-0.05, 0) is 45.2 Å². The summed E-state index contributed by atoms with van der Waals surface area (Å²) >= 11 is 0. The number of nitrogens with zero attached hydrogens (tertiary/aromatic N) is 1. The standard InChI is InChI=1S/C13H29N3O3S/c1-3-8-14-9-6-10-16(2)20(17,18)15-12-13-7-4-5-11-19-13/h13-15H,3-12H2,1-2H3. The highest BCUT2D eigenvalue weighted by Gasteiger charge is 2.20. The molecule has 0 spiro atoms. The van der Waals surface area contributed by atoms with Crippen LogP contribution in [0.3, 0.4) is 0 Å². The van der Waals surface area contributed by atoms with E-state index in [-0.39, 0.29) is 6.10 Å². The predicted molar refractivity (Wildman–Crippen MR) is 80.9 cm³/mol. The van der Waals surface area contributed by atoms with Gasteiger partial charge in [0.1, 0.15) is 0 Å². The van der Waals surface area contributed by atoms with Crippen LogP contribution in [0.4, 0.5) is 0 Å². The first-order valence-electron chi connectivity index (χ1n) is 7.59. The van der Waals surface area contributed by atoms with Gasteiger partial charge in [-0.25, -0.2) is 0 Å². The van der Waals surface area contributed by atoms with E-state index in [1.807, 2.05) is 0 Å². The Balaban J connectivity index is 2.20. The van der Waals surface area contributed by atoms with E-state index >= 15 is 0 Å². The molecule has 0 aromatic carbocycles. The SMILES string of the molecule is CCCNCCCN(C)S(=O)(=O)NCC1CCCCO1. The summed E-state index contributed by atoms with van der Waals surface area (Å²) in [6.07, 6.45) is 5.07. The van der Waals surface area contributed by atoms with Crippen LogP contribution < -0.4 is 10.0 Å². The largest absolute Gasteiger partial charge is 0.377 e. The second-order valence-electron chi connectivity index (χ2n) is 5.27. The normalized spacial score (nSPS) is 20.4. The molecule has 120 valence electrons. The molecule has 1 aliphatic rings. The summed E-state index contributed by atoms with van der Waals surface area (Å²) in [4.78, 5) is 0. The van der Waals surface area contributed by atoms with E-state index in [0.717, 1.165) is 51.8 Å². The molecule has 1 unspecified atom stereocenters. The Kier molecular flexibility index (Phi) is 8.63. The molecule has 2 N–H and O–H groups in total. The zero-order valence-electron chi connectivity index (χ0n) is 12.7. The Labute approximate surface area is 123 Å². The van der Waals surface area contributed by atoms with Gasteiger partial charge in [0, 0.05) is 26.7 Å². The summed E-state index contributed by atoms with van der Waals surface area (Å²) in [5.41, 5.74) is 0. The number of hydrogen-bond acceptors (Lipinski definition) is 4. The third-order valence-electron chi connectivity index (χ3n) is 3.43. The molecule has 1 atom stereocenters. The van der Waals surface area contributed by atoms with Gasteiger partial charge in [-0.3, -0.25) is 0 Å². The average Bonchev–Trinajstić information content (AvgIpc) is 2.46. The van der Waals surface area contributed by atoms with Crippen molar-refractivity contribution in [2.45, 2.75) is 45.1 Å². The molecule has 1 rings (SSSR count). The summed E-state index contributed by atoms with van der Waals surface area (Å²) in [6.45, 7) is 5.58. The van der Waals surface area contributed by atoms with Crippen molar-refractivity contribution in [2.75, 3.05) is 39.8 Å². The van der Waals surface area contributed by atoms with Gasteiger partial charge in [0.2, 0.25) is 0 Å². The van der Waals surface area contributed by atoms with Gasteiger partial charge in [-0.1, -0.05) is 6.92 Å². The molecule has 6 nitrogen and oxygen atoms in total. The molecule has 1 heterocycles. The van der Waals surface area contributed by atoms with Crippen LogP contribution in [0.15, 0.2) is 0 Å². The van der Waals surface area contributed by atoms with Gasteiger partial charge < -0.3 is 10.1 Å². The smallest absolute Gasteiger partial charge is 0.279 e. The summed E-state index contributed by atoms with van der Waals surface area (Å²) in [6, 6.07) is 0. The lowest BCUT2D eigenvalue weighted by atomic mass is 10.1. The first kappa shape index (κ1) is 17.8. The Morgan fingerprint density at radius 2 is 2.10 bits per heavy atom. The van der Waals surface area contributed by atoms with Gasteiger partial charge in [0.25, 0.3) is 10.2 Å².